The molecule has 6 nitrogen and oxygen atoms in total. The van der Waals surface area contributed by atoms with Gasteiger partial charge >= 0.3 is 0 Å². The Balaban J connectivity index is 1.71. The summed E-state index contributed by atoms with van der Waals surface area (Å²) < 4.78 is 5.29. The van der Waals surface area contributed by atoms with Crippen molar-refractivity contribution in [3.05, 3.63) is 65.2 Å². The Morgan fingerprint density at radius 3 is 2.37 bits per heavy atom. The summed E-state index contributed by atoms with van der Waals surface area (Å²) in [7, 11) is 1.55. The largest absolute Gasteiger partial charge is 0.496 e. The lowest BCUT2D eigenvalue weighted by atomic mass is 10.1. The summed E-state index contributed by atoms with van der Waals surface area (Å²) in [6.07, 6.45) is 0.699. The van der Waals surface area contributed by atoms with Crippen LogP contribution in [0.25, 0.3) is 0 Å². The molecule has 1 heterocycles. The SMILES string of the molecule is COc1ccccc1C(=O)N1CCCN(C(=O)c2cccc(C#N)c2)CC1. The summed E-state index contributed by atoms with van der Waals surface area (Å²) in [5, 5.41) is 9.02. The van der Waals surface area contributed by atoms with E-state index in [1.54, 1.807) is 53.3 Å². The predicted molar refractivity (Wildman–Crippen MR) is 101 cm³/mol. The first-order chi connectivity index (χ1) is 13.1. The molecule has 0 aliphatic carbocycles. The van der Waals surface area contributed by atoms with Crippen molar-refractivity contribution in [1.29, 1.82) is 5.26 Å². The van der Waals surface area contributed by atoms with Gasteiger partial charge in [-0.1, -0.05) is 18.2 Å². The zero-order valence-corrected chi connectivity index (χ0v) is 15.2. The van der Waals surface area contributed by atoms with E-state index in [4.69, 9.17) is 10.00 Å². The second-order valence-electron chi connectivity index (χ2n) is 6.33. The maximum Gasteiger partial charge on any atom is 0.257 e. The summed E-state index contributed by atoms with van der Waals surface area (Å²) in [5.74, 6) is 0.347. The van der Waals surface area contributed by atoms with Crippen LogP contribution in [-0.2, 0) is 0 Å². The Hall–Kier alpha value is -3.33. The molecule has 0 bridgehead atoms. The molecule has 2 aromatic carbocycles. The first-order valence-electron chi connectivity index (χ1n) is 8.86. The van der Waals surface area contributed by atoms with Crippen LogP contribution in [0.3, 0.4) is 0 Å². The number of benzene rings is 2. The average Bonchev–Trinajstić information content (AvgIpc) is 2.99. The van der Waals surface area contributed by atoms with E-state index in [0.717, 1.165) is 0 Å². The van der Waals surface area contributed by atoms with Crippen molar-refractivity contribution in [2.45, 2.75) is 6.42 Å². The van der Waals surface area contributed by atoms with E-state index < -0.39 is 0 Å². The third kappa shape index (κ3) is 4.09. The van der Waals surface area contributed by atoms with Gasteiger partial charge in [-0.05, 0) is 36.8 Å². The molecule has 0 aromatic heterocycles. The molecule has 138 valence electrons. The van der Waals surface area contributed by atoms with Crippen molar-refractivity contribution in [3.63, 3.8) is 0 Å². The van der Waals surface area contributed by atoms with Crippen LogP contribution < -0.4 is 4.74 Å². The van der Waals surface area contributed by atoms with Gasteiger partial charge in [-0.2, -0.15) is 5.26 Å². The third-order valence-corrected chi connectivity index (χ3v) is 4.65. The van der Waals surface area contributed by atoms with E-state index in [1.807, 2.05) is 12.1 Å². The Morgan fingerprint density at radius 1 is 0.963 bits per heavy atom. The number of carbonyl (C=O) groups excluding carboxylic acids is 2. The van der Waals surface area contributed by atoms with E-state index in [-0.39, 0.29) is 11.8 Å². The van der Waals surface area contributed by atoms with Gasteiger partial charge in [-0.25, -0.2) is 0 Å². The van der Waals surface area contributed by atoms with E-state index in [1.165, 1.54) is 0 Å². The Kier molecular flexibility index (Phi) is 5.72. The molecule has 0 radical (unpaired) electrons. The molecule has 2 aromatic rings. The lowest BCUT2D eigenvalue weighted by molar-refractivity contribution is 0.0717. The molecule has 1 aliphatic heterocycles. The summed E-state index contributed by atoms with van der Waals surface area (Å²) >= 11 is 0. The lowest BCUT2D eigenvalue weighted by Crippen LogP contribution is -2.37. The summed E-state index contributed by atoms with van der Waals surface area (Å²) in [5.41, 5.74) is 1.49. The Morgan fingerprint density at radius 2 is 1.67 bits per heavy atom. The number of hydrogen-bond donors (Lipinski definition) is 0. The smallest absolute Gasteiger partial charge is 0.257 e. The molecular weight excluding hydrogens is 342 g/mol. The van der Waals surface area contributed by atoms with Crippen molar-refractivity contribution >= 4 is 11.8 Å². The standard InChI is InChI=1S/C21H21N3O3/c1-27-19-9-3-2-8-18(19)21(26)24-11-5-10-23(12-13-24)20(25)17-7-4-6-16(14-17)15-22/h2-4,6-9,14H,5,10-13H2,1H3. The van der Waals surface area contributed by atoms with Gasteiger partial charge in [0, 0.05) is 31.7 Å². The van der Waals surface area contributed by atoms with Crippen LogP contribution in [0.1, 0.15) is 32.7 Å². The van der Waals surface area contributed by atoms with Crippen LogP contribution in [-0.4, -0.2) is 54.9 Å². The molecule has 3 rings (SSSR count). The minimum atomic E-state index is -0.112. The van der Waals surface area contributed by atoms with Gasteiger partial charge in [0.2, 0.25) is 0 Å². The van der Waals surface area contributed by atoms with Crippen LogP contribution >= 0.6 is 0 Å². The highest BCUT2D eigenvalue weighted by atomic mass is 16.5. The molecule has 1 fully saturated rings. The molecular formula is C21H21N3O3. The molecule has 0 spiro atoms. The number of nitrogens with zero attached hydrogens (tertiary/aromatic N) is 3. The van der Waals surface area contributed by atoms with Crippen LogP contribution in [0.5, 0.6) is 5.75 Å². The number of nitriles is 1. The fourth-order valence-corrected chi connectivity index (χ4v) is 3.22. The van der Waals surface area contributed by atoms with Gasteiger partial charge in [0.15, 0.2) is 0 Å². The molecule has 6 heteroatoms. The fourth-order valence-electron chi connectivity index (χ4n) is 3.22. The zero-order chi connectivity index (χ0) is 19.2. The Labute approximate surface area is 158 Å². The first kappa shape index (κ1) is 18.5. The van der Waals surface area contributed by atoms with Crippen LogP contribution in [0, 0.1) is 11.3 Å². The highest BCUT2D eigenvalue weighted by Crippen LogP contribution is 2.20. The topological polar surface area (TPSA) is 73.6 Å². The van der Waals surface area contributed by atoms with Crippen molar-refractivity contribution in [2.75, 3.05) is 33.3 Å². The van der Waals surface area contributed by atoms with E-state index in [0.29, 0.717) is 55.0 Å². The third-order valence-electron chi connectivity index (χ3n) is 4.65. The molecule has 2 amide bonds. The van der Waals surface area contributed by atoms with Crippen LogP contribution in [0.4, 0.5) is 0 Å². The fraction of sp³-hybridized carbons (Fsp3) is 0.286. The number of hydrogen-bond acceptors (Lipinski definition) is 4. The highest BCUT2D eigenvalue weighted by molar-refractivity contribution is 5.97. The first-order valence-corrected chi connectivity index (χ1v) is 8.86. The number of amides is 2. The molecule has 0 atom stereocenters. The maximum atomic E-state index is 12.9. The van der Waals surface area contributed by atoms with Gasteiger partial charge in [0.05, 0.1) is 24.3 Å². The van der Waals surface area contributed by atoms with Crippen molar-refractivity contribution in [3.8, 4) is 11.8 Å². The monoisotopic (exact) mass is 363 g/mol. The molecule has 1 saturated heterocycles. The van der Waals surface area contributed by atoms with Crippen molar-refractivity contribution in [1.82, 2.24) is 9.80 Å². The van der Waals surface area contributed by atoms with E-state index in [9.17, 15) is 9.59 Å². The molecule has 0 N–H and O–H groups in total. The highest BCUT2D eigenvalue weighted by Gasteiger charge is 2.25. The molecule has 1 aliphatic rings. The minimum absolute atomic E-state index is 0.0896. The van der Waals surface area contributed by atoms with Gasteiger partial charge in [-0.3, -0.25) is 9.59 Å². The number of rotatable bonds is 3. The normalized spacial score (nSPS) is 14.2. The maximum absolute atomic E-state index is 12.9. The Bertz CT molecular complexity index is 888. The van der Waals surface area contributed by atoms with Gasteiger partial charge < -0.3 is 14.5 Å². The number of para-hydroxylation sites is 1. The number of ether oxygens (including phenoxy) is 1. The van der Waals surface area contributed by atoms with Gasteiger partial charge in [0.1, 0.15) is 5.75 Å². The number of methoxy groups -OCH3 is 1. The second-order valence-corrected chi connectivity index (χ2v) is 6.33. The molecule has 0 unspecified atom stereocenters. The van der Waals surface area contributed by atoms with Crippen molar-refractivity contribution < 1.29 is 14.3 Å². The summed E-state index contributed by atoms with van der Waals surface area (Å²) in [6, 6.07) is 15.9. The summed E-state index contributed by atoms with van der Waals surface area (Å²) in [6.45, 7) is 2.07. The average molecular weight is 363 g/mol. The van der Waals surface area contributed by atoms with E-state index >= 15 is 0 Å². The van der Waals surface area contributed by atoms with Gasteiger partial charge in [-0.15, -0.1) is 0 Å². The molecule has 27 heavy (non-hydrogen) atoms. The van der Waals surface area contributed by atoms with Crippen LogP contribution in [0.2, 0.25) is 0 Å². The zero-order valence-electron chi connectivity index (χ0n) is 15.2. The second kappa shape index (κ2) is 8.37. The summed E-state index contributed by atoms with van der Waals surface area (Å²) in [4.78, 5) is 29.1. The van der Waals surface area contributed by atoms with E-state index in [2.05, 4.69) is 6.07 Å². The minimum Gasteiger partial charge on any atom is -0.496 e. The van der Waals surface area contributed by atoms with Crippen molar-refractivity contribution in [2.24, 2.45) is 0 Å². The quantitative estimate of drug-likeness (QED) is 0.840. The lowest BCUT2D eigenvalue weighted by Gasteiger charge is -2.23. The van der Waals surface area contributed by atoms with Crippen LogP contribution in [0.15, 0.2) is 48.5 Å². The molecule has 0 saturated carbocycles. The number of carbonyl (C=O) groups is 2. The predicted octanol–water partition coefficient (Wildman–Crippen LogP) is 2.56. The van der Waals surface area contributed by atoms with Gasteiger partial charge in [0.25, 0.3) is 11.8 Å².